The van der Waals surface area contributed by atoms with Gasteiger partial charge in [-0.1, -0.05) is 6.07 Å². The SMILES string of the molecule is N#Cc1ccc(NCc2ccc(F)cc2C(F)(F)F)nc1. The molecule has 0 aliphatic carbocycles. The molecule has 2 aromatic rings. The van der Waals surface area contributed by atoms with Gasteiger partial charge in [0.1, 0.15) is 17.7 Å². The molecule has 1 heterocycles. The number of pyridine rings is 1. The molecule has 0 unspecified atom stereocenters. The van der Waals surface area contributed by atoms with Crippen LogP contribution in [-0.2, 0) is 12.7 Å². The van der Waals surface area contributed by atoms with Crippen LogP contribution >= 0.6 is 0 Å². The smallest absolute Gasteiger partial charge is 0.366 e. The Balaban J connectivity index is 2.18. The third kappa shape index (κ3) is 3.69. The molecule has 0 saturated carbocycles. The van der Waals surface area contributed by atoms with Crippen molar-refractivity contribution in [3.05, 3.63) is 59.0 Å². The maximum absolute atomic E-state index is 13.0. The van der Waals surface area contributed by atoms with E-state index in [1.165, 1.54) is 18.3 Å². The Kier molecular flexibility index (Phi) is 4.08. The van der Waals surface area contributed by atoms with Crippen molar-refractivity contribution in [2.45, 2.75) is 12.7 Å². The number of benzene rings is 1. The molecule has 0 saturated heterocycles. The largest absolute Gasteiger partial charge is 0.416 e. The molecule has 0 aliphatic heterocycles. The quantitative estimate of drug-likeness (QED) is 0.878. The topological polar surface area (TPSA) is 48.7 Å². The summed E-state index contributed by atoms with van der Waals surface area (Å²) >= 11 is 0. The van der Waals surface area contributed by atoms with Gasteiger partial charge in [-0.3, -0.25) is 0 Å². The highest BCUT2D eigenvalue weighted by molar-refractivity contribution is 5.41. The van der Waals surface area contributed by atoms with E-state index in [1.807, 2.05) is 6.07 Å². The van der Waals surface area contributed by atoms with Gasteiger partial charge in [0.2, 0.25) is 0 Å². The summed E-state index contributed by atoms with van der Waals surface area (Å²) in [6, 6.07) is 7.37. The molecule has 0 radical (unpaired) electrons. The van der Waals surface area contributed by atoms with Crippen LogP contribution in [0.3, 0.4) is 0 Å². The van der Waals surface area contributed by atoms with E-state index in [0.29, 0.717) is 17.4 Å². The maximum Gasteiger partial charge on any atom is 0.416 e. The third-order valence-electron chi connectivity index (χ3n) is 2.73. The number of alkyl halides is 3. The third-order valence-corrected chi connectivity index (χ3v) is 2.73. The molecule has 1 N–H and O–H groups in total. The number of nitrogens with one attached hydrogen (secondary N) is 1. The van der Waals surface area contributed by atoms with Gasteiger partial charge in [0.25, 0.3) is 0 Å². The Bertz CT molecular complexity index is 672. The molecular weight excluding hydrogens is 286 g/mol. The van der Waals surface area contributed by atoms with E-state index in [9.17, 15) is 17.6 Å². The molecule has 0 fully saturated rings. The fourth-order valence-corrected chi connectivity index (χ4v) is 1.72. The van der Waals surface area contributed by atoms with Crippen molar-refractivity contribution in [1.82, 2.24) is 4.98 Å². The van der Waals surface area contributed by atoms with E-state index in [2.05, 4.69) is 10.3 Å². The number of rotatable bonds is 3. The van der Waals surface area contributed by atoms with Crippen LogP contribution in [0.1, 0.15) is 16.7 Å². The fraction of sp³-hybridized carbons (Fsp3) is 0.143. The van der Waals surface area contributed by atoms with Crippen molar-refractivity contribution in [1.29, 1.82) is 5.26 Å². The van der Waals surface area contributed by atoms with Gasteiger partial charge >= 0.3 is 6.18 Å². The summed E-state index contributed by atoms with van der Waals surface area (Å²) in [5, 5.41) is 11.3. The molecule has 0 spiro atoms. The molecule has 3 nitrogen and oxygen atoms in total. The lowest BCUT2D eigenvalue weighted by atomic mass is 10.1. The number of nitrogens with zero attached hydrogens (tertiary/aromatic N) is 2. The van der Waals surface area contributed by atoms with Gasteiger partial charge in [-0.05, 0) is 29.8 Å². The number of nitriles is 1. The molecule has 0 aliphatic rings. The summed E-state index contributed by atoms with van der Waals surface area (Å²) in [5.74, 6) is -0.617. The van der Waals surface area contributed by atoms with Crippen LogP contribution in [0.25, 0.3) is 0 Å². The summed E-state index contributed by atoms with van der Waals surface area (Å²) in [6.45, 7) is -0.159. The van der Waals surface area contributed by atoms with Gasteiger partial charge in [-0.25, -0.2) is 9.37 Å². The molecule has 7 heteroatoms. The van der Waals surface area contributed by atoms with Gasteiger partial charge < -0.3 is 5.32 Å². The van der Waals surface area contributed by atoms with Gasteiger partial charge in [-0.2, -0.15) is 18.4 Å². The Morgan fingerprint density at radius 3 is 2.52 bits per heavy atom. The second kappa shape index (κ2) is 5.79. The van der Waals surface area contributed by atoms with Crippen molar-refractivity contribution in [2.24, 2.45) is 0 Å². The van der Waals surface area contributed by atoms with Crippen LogP contribution in [0.15, 0.2) is 36.5 Å². The molecule has 0 bridgehead atoms. The van der Waals surface area contributed by atoms with Crippen LogP contribution in [0.5, 0.6) is 0 Å². The van der Waals surface area contributed by atoms with Gasteiger partial charge in [0, 0.05) is 12.7 Å². The van der Waals surface area contributed by atoms with E-state index < -0.39 is 17.6 Å². The van der Waals surface area contributed by atoms with E-state index >= 15 is 0 Å². The lowest BCUT2D eigenvalue weighted by Crippen LogP contribution is -2.12. The first-order chi connectivity index (χ1) is 9.90. The first-order valence-corrected chi connectivity index (χ1v) is 5.86. The summed E-state index contributed by atoms with van der Waals surface area (Å²) < 4.78 is 51.4. The fourth-order valence-electron chi connectivity index (χ4n) is 1.72. The standard InChI is InChI=1S/C14H9F4N3/c15-11-3-2-10(12(5-11)14(16,17)18)8-21-13-4-1-9(6-19)7-20-13/h1-5,7H,8H2,(H,20,21). The molecule has 1 aromatic heterocycles. The van der Waals surface area contributed by atoms with Crippen molar-refractivity contribution in [3.8, 4) is 6.07 Å². The average Bonchev–Trinajstić information content (AvgIpc) is 2.45. The minimum Gasteiger partial charge on any atom is -0.366 e. The zero-order valence-corrected chi connectivity index (χ0v) is 10.6. The molecule has 21 heavy (non-hydrogen) atoms. The second-order valence-electron chi connectivity index (χ2n) is 4.20. The average molecular weight is 295 g/mol. The zero-order valence-electron chi connectivity index (χ0n) is 10.6. The maximum atomic E-state index is 13.0. The molecule has 108 valence electrons. The highest BCUT2D eigenvalue weighted by atomic mass is 19.4. The Hall–Kier alpha value is -2.62. The zero-order chi connectivity index (χ0) is 15.5. The number of aromatic nitrogens is 1. The predicted octanol–water partition coefficient (Wildman–Crippen LogP) is 3.72. The lowest BCUT2D eigenvalue weighted by Gasteiger charge is -2.13. The lowest BCUT2D eigenvalue weighted by molar-refractivity contribution is -0.138. The summed E-state index contributed by atoms with van der Waals surface area (Å²) in [6.07, 6.45) is -3.32. The van der Waals surface area contributed by atoms with Crippen molar-refractivity contribution in [3.63, 3.8) is 0 Å². The van der Waals surface area contributed by atoms with Crippen LogP contribution < -0.4 is 5.32 Å². The Morgan fingerprint density at radius 2 is 1.95 bits per heavy atom. The van der Waals surface area contributed by atoms with E-state index in [-0.39, 0.29) is 12.1 Å². The molecule has 0 atom stereocenters. The molecule has 1 aromatic carbocycles. The number of halogens is 4. The summed E-state index contributed by atoms with van der Waals surface area (Å²) in [4.78, 5) is 3.89. The number of hydrogen-bond donors (Lipinski definition) is 1. The molecular formula is C14H9F4N3. The number of hydrogen-bond acceptors (Lipinski definition) is 3. The first-order valence-electron chi connectivity index (χ1n) is 5.86. The summed E-state index contributed by atoms with van der Waals surface area (Å²) in [7, 11) is 0. The van der Waals surface area contributed by atoms with Crippen molar-refractivity contribution in [2.75, 3.05) is 5.32 Å². The normalized spacial score (nSPS) is 11.0. The minimum absolute atomic E-state index is 0.0879. The van der Waals surface area contributed by atoms with Gasteiger partial charge in [0.05, 0.1) is 11.1 Å². The highest BCUT2D eigenvalue weighted by Gasteiger charge is 2.33. The second-order valence-corrected chi connectivity index (χ2v) is 4.20. The van der Waals surface area contributed by atoms with Crippen LogP contribution in [-0.4, -0.2) is 4.98 Å². The van der Waals surface area contributed by atoms with Crippen LogP contribution in [0.4, 0.5) is 23.4 Å². The van der Waals surface area contributed by atoms with Crippen molar-refractivity contribution >= 4 is 5.82 Å². The Morgan fingerprint density at radius 1 is 1.19 bits per heavy atom. The van der Waals surface area contributed by atoms with Crippen molar-refractivity contribution < 1.29 is 17.6 Å². The molecule has 2 rings (SSSR count). The van der Waals surface area contributed by atoms with Crippen LogP contribution in [0, 0.1) is 17.1 Å². The number of anilines is 1. The Labute approximate surface area is 117 Å². The minimum atomic E-state index is -4.63. The molecule has 0 amide bonds. The highest BCUT2D eigenvalue weighted by Crippen LogP contribution is 2.32. The van der Waals surface area contributed by atoms with Gasteiger partial charge in [0.15, 0.2) is 0 Å². The monoisotopic (exact) mass is 295 g/mol. The van der Waals surface area contributed by atoms with E-state index in [4.69, 9.17) is 5.26 Å². The van der Waals surface area contributed by atoms with Crippen LogP contribution in [0.2, 0.25) is 0 Å². The van der Waals surface area contributed by atoms with Gasteiger partial charge in [-0.15, -0.1) is 0 Å². The van der Waals surface area contributed by atoms with E-state index in [1.54, 1.807) is 0 Å². The summed E-state index contributed by atoms with van der Waals surface area (Å²) in [5.41, 5.74) is -0.767. The predicted molar refractivity (Wildman–Crippen MR) is 67.7 cm³/mol. The first kappa shape index (κ1) is 14.8. The van der Waals surface area contributed by atoms with E-state index in [0.717, 1.165) is 12.1 Å².